The van der Waals surface area contributed by atoms with Gasteiger partial charge < -0.3 is 15.2 Å². The number of aliphatic hydroxyl groups excluding tert-OH is 1. The smallest absolute Gasteiger partial charge is 0.246 e. The summed E-state index contributed by atoms with van der Waals surface area (Å²) >= 11 is 0. The highest BCUT2D eigenvalue weighted by atomic mass is 16.5. The normalized spacial score (nSPS) is 10.6. The van der Waals surface area contributed by atoms with E-state index in [1.54, 1.807) is 0 Å². The molecule has 13 heavy (non-hydrogen) atoms. The van der Waals surface area contributed by atoms with Gasteiger partial charge in [0.1, 0.15) is 6.61 Å². The summed E-state index contributed by atoms with van der Waals surface area (Å²) in [4.78, 5) is 10.9. The first-order valence-electron chi connectivity index (χ1n) is 4.41. The number of rotatable bonds is 7. The lowest BCUT2D eigenvalue weighted by Gasteiger charge is -2.02. The first-order chi connectivity index (χ1) is 6.31. The van der Waals surface area contributed by atoms with Gasteiger partial charge in [0.2, 0.25) is 5.91 Å². The van der Waals surface area contributed by atoms with Crippen LogP contribution in [-0.4, -0.2) is 37.4 Å². The zero-order chi connectivity index (χ0) is 9.94. The molecule has 4 heteroatoms. The summed E-state index contributed by atoms with van der Waals surface area (Å²) in [7, 11) is 0. The molecule has 0 aliphatic carbocycles. The number of carbonyl (C=O) groups is 1. The van der Waals surface area contributed by atoms with E-state index in [1.165, 1.54) is 0 Å². The predicted molar refractivity (Wildman–Crippen MR) is 50.3 cm³/mol. The zero-order valence-electron chi connectivity index (χ0n) is 7.95. The lowest BCUT2D eigenvalue weighted by atomic mass is 10.4. The third kappa shape index (κ3) is 9.04. The fraction of sp³-hybridized carbons (Fsp3) is 0.667. The highest BCUT2D eigenvalue weighted by Crippen LogP contribution is 1.78. The summed E-state index contributed by atoms with van der Waals surface area (Å²) in [5, 5.41) is 11.0. The molecule has 0 aliphatic rings. The summed E-state index contributed by atoms with van der Waals surface area (Å²) in [5.41, 5.74) is 0. The topological polar surface area (TPSA) is 58.6 Å². The van der Waals surface area contributed by atoms with E-state index in [1.807, 2.05) is 19.1 Å². The molecule has 1 amide bonds. The third-order valence-electron chi connectivity index (χ3n) is 1.29. The summed E-state index contributed by atoms with van der Waals surface area (Å²) in [6.07, 6.45) is 4.84. The van der Waals surface area contributed by atoms with Crippen molar-refractivity contribution in [2.75, 3.05) is 26.4 Å². The lowest BCUT2D eigenvalue weighted by Crippen LogP contribution is -2.28. The molecule has 0 bridgehead atoms. The van der Waals surface area contributed by atoms with E-state index in [0.29, 0.717) is 6.54 Å². The van der Waals surface area contributed by atoms with E-state index in [9.17, 15) is 4.79 Å². The molecule has 0 aromatic rings. The van der Waals surface area contributed by atoms with Crippen LogP contribution in [-0.2, 0) is 9.53 Å². The van der Waals surface area contributed by atoms with Gasteiger partial charge in [-0.3, -0.25) is 4.79 Å². The van der Waals surface area contributed by atoms with Gasteiger partial charge >= 0.3 is 0 Å². The quantitative estimate of drug-likeness (QED) is 0.438. The maximum absolute atomic E-state index is 10.9. The lowest BCUT2D eigenvalue weighted by molar-refractivity contribution is -0.125. The Kier molecular flexibility index (Phi) is 8.60. The predicted octanol–water partition coefficient (Wildman–Crippen LogP) is 0.0777. The summed E-state index contributed by atoms with van der Waals surface area (Å²) in [6, 6.07) is 0. The first kappa shape index (κ1) is 12.1. The van der Waals surface area contributed by atoms with Gasteiger partial charge in [0.25, 0.3) is 0 Å². The van der Waals surface area contributed by atoms with E-state index < -0.39 is 0 Å². The SMILES string of the molecule is CC/C=C/CNC(=O)COCCO. The van der Waals surface area contributed by atoms with E-state index in [-0.39, 0.29) is 25.7 Å². The number of carbonyl (C=O) groups excluding carboxylic acids is 1. The van der Waals surface area contributed by atoms with Gasteiger partial charge in [-0.05, 0) is 6.42 Å². The van der Waals surface area contributed by atoms with Crippen molar-refractivity contribution >= 4 is 5.91 Å². The monoisotopic (exact) mass is 187 g/mol. The Hall–Kier alpha value is -0.870. The van der Waals surface area contributed by atoms with Crippen LogP contribution in [0.2, 0.25) is 0 Å². The Morgan fingerprint density at radius 3 is 2.92 bits per heavy atom. The number of nitrogens with one attached hydrogen (secondary N) is 1. The number of allylic oxidation sites excluding steroid dienone is 1. The second-order valence-corrected chi connectivity index (χ2v) is 2.46. The Bertz CT molecular complexity index is 157. The standard InChI is InChI=1S/C9H17NO3/c1-2-3-4-5-10-9(12)8-13-7-6-11/h3-4,11H,2,5-8H2,1H3,(H,10,12)/b4-3+. The molecule has 76 valence electrons. The molecule has 0 atom stereocenters. The van der Waals surface area contributed by atoms with Gasteiger partial charge in [-0.2, -0.15) is 0 Å². The van der Waals surface area contributed by atoms with Gasteiger partial charge in [0.15, 0.2) is 0 Å². The zero-order valence-corrected chi connectivity index (χ0v) is 7.95. The van der Waals surface area contributed by atoms with E-state index >= 15 is 0 Å². The molecular formula is C9H17NO3. The van der Waals surface area contributed by atoms with E-state index in [0.717, 1.165) is 6.42 Å². The number of aliphatic hydroxyl groups is 1. The third-order valence-corrected chi connectivity index (χ3v) is 1.29. The van der Waals surface area contributed by atoms with Crippen LogP contribution in [0.1, 0.15) is 13.3 Å². The van der Waals surface area contributed by atoms with Crippen molar-refractivity contribution in [2.24, 2.45) is 0 Å². The van der Waals surface area contributed by atoms with Gasteiger partial charge in [-0.1, -0.05) is 19.1 Å². The Morgan fingerprint density at radius 1 is 1.54 bits per heavy atom. The largest absolute Gasteiger partial charge is 0.394 e. The molecule has 0 aromatic carbocycles. The minimum atomic E-state index is -0.158. The molecule has 0 spiro atoms. The first-order valence-corrected chi connectivity index (χ1v) is 4.41. The number of ether oxygens (including phenoxy) is 1. The van der Waals surface area contributed by atoms with Crippen molar-refractivity contribution in [3.8, 4) is 0 Å². The number of amides is 1. The van der Waals surface area contributed by atoms with Crippen LogP contribution in [0.3, 0.4) is 0 Å². The number of hydrogen-bond donors (Lipinski definition) is 2. The van der Waals surface area contributed by atoms with Gasteiger partial charge in [0.05, 0.1) is 13.2 Å². The molecule has 4 nitrogen and oxygen atoms in total. The molecular weight excluding hydrogens is 170 g/mol. The molecule has 0 unspecified atom stereocenters. The maximum atomic E-state index is 10.9. The minimum absolute atomic E-state index is 0.0144. The molecule has 0 saturated heterocycles. The van der Waals surface area contributed by atoms with Gasteiger partial charge in [0, 0.05) is 6.54 Å². The van der Waals surface area contributed by atoms with Crippen LogP contribution in [0.5, 0.6) is 0 Å². The van der Waals surface area contributed by atoms with Gasteiger partial charge in [-0.15, -0.1) is 0 Å². The van der Waals surface area contributed by atoms with Crippen LogP contribution in [0.4, 0.5) is 0 Å². The molecule has 0 fully saturated rings. The van der Waals surface area contributed by atoms with Crippen LogP contribution in [0.25, 0.3) is 0 Å². The summed E-state index contributed by atoms with van der Waals surface area (Å²) in [5.74, 6) is -0.158. The molecule has 0 radical (unpaired) electrons. The second-order valence-electron chi connectivity index (χ2n) is 2.46. The van der Waals surface area contributed by atoms with Gasteiger partial charge in [-0.25, -0.2) is 0 Å². The average molecular weight is 187 g/mol. The average Bonchev–Trinajstić information content (AvgIpc) is 2.13. The van der Waals surface area contributed by atoms with Crippen molar-refractivity contribution in [3.63, 3.8) is 0 Å². The van der Waals surface area contributed by atoms with Crippen molar-refractivity contribution < 1.29 is 14.6 Å². The molecule has 0 saturated carbocycles. The van der Waals surface area contributed by atoms with Crippen LogP contribution >= 0.6 is 0 Å². The van der Waals surface area contributed by atoms with Crippen LogP contribution in [0, 0.1) is 0 Å². The highest BCUT2D eigenvalue weighted by Gasteiger charge is 1.97. The summed E-state index contributed by atoms with van der Waals surface area (Å²) < 4.78 is 4.82. The number of hydrogen-bond acceptors (Lipinski definition) is 3. The van der Waals surface area contributed by atoms with Crippen molar-refractivity contribution in [1.82, 2.24) is 5.32 Å². The van der Waals surface area contributed by atoms with Crippen molar-refractivity contribution in [2.45, 2.75) is 13.3 Å². The Morgan fingerprint density at radius 2 is 2.31 bits per heavy atom. The Labute approximate surface area is 78.6 Å². The fourth-order valence-electron chi connectivity index (χ4n) is 0.703. The molecule has 0 rings (SSSR count). The summed E-state index contributed by atoms with van der Waals surface area (Å²) in [6.45, 7) is 2.74. The maximum Gasteiger partial charge on any atom is 0.246 e. The Balaban J connectivity index is 3.25. The van der Waals surface area contributed by atoms with E-state index in [4.69, 9.17) is 9.84 Å². The minimum Gasteiger partial charge on any atom is -0.394 e. The molecule has 0 aromatic heterocycles. The highest BCUT2D eigenvalue weighted by molar-refractivity contribution is 5.77. The fourth-order valence-corrected chi connectivity index (χ4v) is 0.703. The van der Waals surface area contributed by atoms with E-state index in [2.05, 4.69) is 5.32 Å². The van der Waals surface area contributed by atoms with Crippen molar-refractivity contribution in [1.29, 1.82) is 0 Å². The van der Waals surface area contributed by atoms with Crippen molar-refractivity contribution in [3.05, 3.63) is 12.2 Å². The van der Waals surface area contributed by atoms with Crippen LogP contribution < -0.4 is 5.32 Å². The second kappa shape index (κ2) is 9.22. The van der Waals surface area contributed by atoms with Crippen LogP contribution in [0.15, 0.2) is 12.2 Å². The molecule has 2 N–H and O–H groups in total. The molecule has 0 aliphatic heterocycles. The molecule has 0 heterocycles.